The van der Waals surface area contributed by atoms with Crippen LogP contribution >= 0.6 is 0 Å². The number of imidazole rings is 1. The Morgan fingerprint density at radius 2 is 2.17 bits per heavy atom. The van der Waals surface area contributed by atoms with Crippen molar-refractivity contribution < 1.29 is 4.74 Å². The van der Waals surface area contributed by atoms with Gasteiger partial charge in [-0.1, -0.05) is 6.08 Å². The van der Waals surface area contributed by atoms with Crippen molar-refractivity contribution in [1.29, 1.82) is 5.26 Å². The fourth-order valence-electron chi connectivity index (χ4n) is 3.23. The van der Waals surface area contributed by atoms with Crippen LogP contribution in [0.2, 0.25) is 0 Å². The van der Waals surface area contributed by atoms with E-state index in [0.717, 1.165) is 39.6 Å². The van der Waals surface area contributed by atoms with Crippen LogP contribution in [0.25, 0.3) is 16.7 Å². The fraction of sp³-hybridized carbons (Fsp3) is 0.211. The number of hydrogen-bond donors (Lipinski definition) is 0. The van der Waals surface area contributed by atoms with Gasteiger partial charge in [-0.15, -0.1) is 0 Å². The van der Waals surface area contributed by atoms with Gasteiger partial charge in [0, 0.05) is 19.0 Å². The third-order valence-corrected chi connectivity index (χ3v) is 4.60. The Hall–Kier alpha value is -3.13. The SMILES string of the molecule is COc1ccc2nc(C3=C(C)C4C=CC(C#N)=CC4=N3)n(C)c2c1. The number of hydrogen-bond acceptors (Lipinski definition) is 4. The van der Waals surface area contributed by atoms with E-state index in [9.17, 15) is 0 Å². The molecular weight excluding hydrogens is 300 g/mol. The summed E-state index contributed by atoms with van der Waals surface area (Å²) < 4.78 is 7.34. The lowest BCUT2D eigenvalue weighted by Gasteiger charge is -2.11. The number of allylic oxidation sites excluding steroid dienone is 5. The number of nitriles is 1. The van der Waals surface area contributed by atoms with Gasteiger partial charge in [-0.3, -0.25) is 0 Å². The monoisotopic (exact) mass is 316 g/mol. The van der Waals surface area contributed by atoms with E-state index in [1.807, 2.05) is 48.0 Å². The number of methoxy groups -OCH3 is 1. The normalized spacial score (nSPS) is 19.2. The number of benzene rings is 1. The quantitative estimate of drug-likeness (QED) is 0.853. The van der Waals surface area contributed by atoms with Gasteiger partial charge in [0.1, 0.15) is 11.4 Å². The van der Waals surface area contributed by atoms with E-state index in [1.165, 1.54) is 0 Å². The molecule has 0 spiro atoms. The van der Waals surface area contributed by atoms with E-state index in [4.69, 9.17) is 20.0 Å². The number of aryl methyl sites for hydroxylation is 1. The molecule has 0 amide bonds. The maximum atomic E-state index is 9.08. The molecule has 5 heteroatoms. The van der Waals surface area contributed by atoms with Crippen LogP contribution in [0, 0.1) is 17.2 Å². The first-order valence-electron chi connectivity index (χ1n) is 7.72. The third-order valence-electron chi connectivity index (χ3n) is 4.60. The lowest BCUT2D eigenvalue weighted by Crippen LogP contribution is -2.10. The molecule has 1 atom stereocenters. The van der Waals surface area contributed by atoms with Crippen LogP contribution in [0.3, 0.4) is 0 Å². The first-order chi connectivity index (χ1) is 11.6. The Morgan fingerprint density at radius 1 is 1.33 bits per heavy atom. The molecule has 24 heavy (non-hydrogen) atoms. The maximum absolute atomic E-state index is 9.08. The molecule has 5 nitrogen and oxygen atoms in total. The molecule has 0 fully saturated rings. The maximum Gasteiger partial charge on any atom is 0.159 e. The van der Waals surface area contributed by atoms with Gasteiger partial charge in [-0.05, 0) is 36.8 Å². The number of ether oxygens (including phenoxy) is 1. The van der Waals surface area contributed by atoms with Gasteiger partial charge in [0.25, 0.3) is 0 Å². The molecule has 1 aliphatic heterocycles. The van der Waals surface area contributed by atoms with Gasteiger partial charge in [0.2, 0.25) is 0 Å². The largest absolute Gasteiger partial charge is 0.497 e. The minimum Gasteiger partial charge on any atom is -0.497 e. The second-order valence-corrected chi connectivity index (χ2v) is 5.97. The zero-order chi connectivity index (χ0) is 16.8. The molecule has 0 saturated heterocycles. The lowest BCUT2D eigenvalue weighted by atomic mass is 9.90. The highest BCUT2D eigenvalue weighted by atomic mass is 16.5. The molecule has 1 unspecified atom stereocenters. The van der Waals surface area contributed by atoms with E-state index in [1.54, 1.807) is 7.11 Å². The molecule has 1 aliphatic carbocycles. The molecule has 1 aromatic carbocycles. The molecule has 0 N–H and O–H groups in total. The average molecular weight is 316 g/mol. The molecule has 4 rings (SSSR count). The van der Waals surface area contributed by atoms with E-state index < -0.39 is 0 Å². The number of fused-ring (bicyclic) bond motifs is 2. The van der Waals surface area contributed by atoms with E-state index in [2.05, 4.69) is 13.0 Å². The van der Waals surface area contributed by atoms with Crippen LogP contribution in [0.4, 0.5) is 0 Å². The van der Waals surface area contributed by atoms with E-state index >= 15 is 0 Å². The topological polar surface area (TPSA) is 63.2 Å². The summed E-state index contributed by atoms with van der Waals surface area (Å²) in [5, 5.41) is 9.08. The summed E-state index contributed by atoms with van der Waals surface area (Å²) >= 11 is 0. The molecule has 0 radical (unpaired) electrons. The van der Waals surface area contributed by atoms with Crippen molar-refractivity contribution in [2.45, 2.75) is 6.92 Å². The molecule has 0 bridgehead atoms. The lowest BCUT2D eigenvalue weighted by molar-refractivity contribution is 0.415. The second-order valence-electron chi connectivity index (χ2n) is 5.97. The zero-order valence-electron chi connectivity index (χ0n) is 13.7. The summed E-state index contributed by atoms with van der Waals surface area (Å²) in [6, 6.07) is 8.01. The molecule has 1 aromatic heterocycles. The summed E-state index contributed by atoms with van der Waals surface area (Å²) in [4.78, 5) is 9.51. The van der Waals surface area contributed by atoms with Crippen molar-refractivity contribution in [3.05, 3.63) is 53.4 Å². The molecule has 2 aromatic rings. The Labute approximate surface area is 139 Å². The van der Waals surface area contributed by atoms with Gasteiger partial charge in [0.05, 0.1) is 35.5 Å². The van der Waals surface area contributed by atoms with Gasteiger partial charge < -0.3 is 9.30 Å². The molecule has 0 saturated carbocycles. The van der Waals surface area contributed by atoms with E-state index in [0.29, 0.717) is 5.57 Å². The first-order valence-corrected chi connectivity index (χ1v) is 7.72. The second kappa shape index (κ2) is 5.20. The van der Waals surface area contributed by atoms with Gasteiger partial charge in [0.15, 0.2) is 5.82 Å². The van der Waals surface area contributed by atoms with Crippen molar-refractivity contribution in [2.75, 3.05) is 7.11 Å². The van der Waals surface area contributed by atoms with Crippen molar-refractivity contribution in [3.8, 4) is 11.8 Å². The van der Waals surface area contributed by atoms with Crippen LogP contribution in [0.15, 0.2) is 52.6 Å². The Bertz CT molecular complexity index is 1030. The number of rotatable bonds is 2. The summed E-state index contributed by atoms with van der Waals surface area (Å²) in [6.07, 6.45) is 5.74. The number of aliphatic imine (C=N–C) groups is 1. The highest BCUT2D eigenvalue weighted by Crippen LogP contribution is 2.36. The minimum absolute atomic E-state index is 0.131. The molecule has 2 heterocycles. The fourth-order valence-corrected chi connectivity index (χ4v) is 3.23. The van der Waals surface area contributed by atoms with Gasteiger partial charge >= 0.3 is 0 Å². The van der Waals surface area contributed by atoms with Crippen molar-refractivity contribution >= 4 is 22.4 Å². The van der Waals surface area contributed by atoms with Gasteiger partial charge in [-0.25, -0.2) is 9.98 Å². The van der Waals surface area contributed by atoms with Crippen molar-refractivity contribution in [3.63, 3.8) is 0 Å². The molecule has 2 aliphatic rings. The zero-order valence-corrected chi connectivity index (χ0v) is 13.7. The highest BCUT2D eigenvalue weighted by molar-refractivity contribution is 6.09. The highest BCUT2D eigenvalue weighted by Gasteiger charge is 2.29. The number of aromatic nitrogens is 2. The Balaban J connectivity index is 1.86. The summed E-state index contributed by atoms with van der Waals surface area (Å²) in [6.45, 7) is 2.08. The first kappa shape index (κ1) is 14.5. The molecule has 118 valence electrons. The summed E-state index contributed by atoms with van der Waals surface area (Å²) in [7, 11) is 3.64. The van der Waals surface area contributed by atoms with Crippen molar-refractivity contribution in [1.82, 2.24) is 9.55 Å². The summed E-state index contributed by atoms with van der Waals surface area (Å²) in [5.74, 6) is 1.77. The molecular formula is C19H16N4O. The van der Waals surface area contributed by atoms with Crippen molar-refractivity contribution in [2.24, 2.45) is 18.0 Å². The number of nitrogens with zero attached hydrogens (tertiary/aromatic N) is 4. The van der Waals surface area contributed by atoms with Crippen LogP contribution in [-0.4, -0.2) is 22.4 Å². The summed E-state index contributed by atoms with van der Waals surface area (Å²) in [5.41, 5.74) is 5.49. The standard InChI is InChI=1S/C19H16N4O/c1-11-14-6-4-12(10-20)8-16(14)21-18(11)19-22-15-7-5-13(24-3)9-17(15)23(19)2/h4-9,14H,1-3H3. The predicted octanol–water partition coefficient (Wildman–Crippen LogP) is 3.40. The smallest absolute Gasteiger partial charge is 0.159 e. The predicted molar refractivity (Wildman–Crippen MR) is 93.6 cm³/mol. The van der Waals surface area contributed by atoms with Crippen LogP contribution in [0.1, 0.15) is 12.7 Å². The van der Waals surface area contributed by atoms with Crippen LogP contribution in [-0.2, 0) is 7.05 Å². The van der Waals surface area contributed by atoms with Crippen LogP contribution in [0.5, 0.6) is 5.75 Å². The Morgan fingerprint density at radius 3 is 2.92 bits per heavy atom. The average Bonchev–Trinajstić information content (AvgIpc) is 3.11. The van der Waals surface area contributed by atoms with E-state index in [-0.39, 0.29) is 5.92 Å². The van der Waals surface area contributed by atoms with Crippen LogP contribution < -0.4 is 4.74 Å². The minimum atomic E-state index is 0.131. The Kier molecular flexibility index (Phi) is 3.14. The third kappa shape index (κ3) is 2.00. The van der Waals surface area contributed by atoms with Gasteiger partial charge in [-0.2, -0.15) is 5.26 Å².